The molecule has 0 saturated carbocycles. The molecular weight excluding hydrogens is 1620 g/mol. The summed E-state index contributed by atoms with van der Waals surface area (Å²) >= 11 is 0. The number of piperidine rings is 3. The molecule has 3 amide bonds. The molecule has 6 aliphatic rings. The maximum atomic E-state index is 14.0. The number of aromatic nitrogens is 2. The minimum absolute atomic E-state index is 0.0291. The zero-order chi connectivity index (χ0) is 89.3. The van der Waals surface area contributed by atoms with Gasteiger partial charge in [-0.1, -0.05) is 79.4 Å². The normalized spacial score (nSPS) is 17.4. The number of ether oxygens (including phenoxy) is 3. The number of carbonyl (C=O) groups excluding carboxylic acids is 6. The van der Waals surface area contributed by atoms with Crippen molar-refractivity contribution in [3.05, 3.63) is 265 Å². The second-order valence-corrected chi connectivity index (χ2v) is 33.5. The van der Waals surface area contributed by atoms with Gasteiger partial charge in [0.15, 0.2) is 17.3 Å². The summed E-state index contributed by atoms with van der Waals surface area (Å²) < 4.78 is 145. The Labute approximate surface area is 724 Å². The van der Waals surface area contributed by atoms with E-state index in [1.54, 1.807) is 83.1 Å². The van der Waals surface area contributed by atoms with E-state index in [0.29, 0.717) is 162 Å². The molecule has 0 aliphatic carbocycles. The maximum absolute atomic E-state index is 14.0. The van der Waals surface area contributed by atoms with Crippen molar-refractivity contribution < 1.29 is 82.5 Å². The number of likely N-dealkylation sites (tertiary alicyclic amines) is 3. The fraction of sp³-hybridized carbons (Fsp3) is 0.438. The van der Waals surface area contributed by atoms with Crippen molar-refractivity contribution in [2.45, 2.75) is 135 Å². The Balaban J connectivity index is 0.000000171. The molecule has 8 heterocycles. The highest BCUT2D eigenvalue weighted by molar-refractivity contribution is 5.99. The summed E-state index contributed by atoms with van der Waals surface area (Å²) in [4.78, 5) is 103. The van der Waals surface area contributed by atoms with E-state index < -0.39 is 35.2 Å². The van der Waals surface area contributed by atoms with E-state index in [0.717, 1.165) is 74.2 Å². The van der Waals surface area contributed by atoms with Gasteiger partial charge in [0.1, 0.15) is 35.6 Å². The van der Waals surface area contributed by atoms with Crippen LogP contribution in [-0.4, -0.2) is 246 Å². The van der Waals surface area contributed by atoms with Crippen LogP contribution in [0.1, 0.15) is 157 Å². The van der Waals surface area contributed by atoms with E-state index in [-0.39, 0.29) is 126 Å². The molecule has 0 N–H and O–H groups in total. The maximum Gasteiger partial charge on any atom is 0.416 e. The molecule has 20 nitrogen and oxygen atoms in total. The van der Waals surface area contributed by atoms with Crippen LogP contribution in [0.25, 0.3) is 0 Å². The number of alkyl halides is 9. The van der Waals surface area contributed by atoms with Crippen LogP contribution in [0.2, 0.25) is 0 Å². The molecule has 0 bridgehead atoms. The highest BCUT2D eigenvalue weighted by Gasteiger charge is 2.39. The Bertz CT molecular complexity index is 4830. The molecule has 0 spiro atoms. The highest BCUT2D eigenvalue weighted by atomic mass is 19.4. The second kappa shape index (κ2) is 42.5. The summed E-state index contributed by atoms with van der Waals surface area (Å²) in [5.74, 6) is 0.616. The summed E-state index contributed by atoms with van der Waals surface area (Å²) in [6.45, 7) is 22.4. The van der Waals surface area contributed by atoms with Crippen LogP contribution >= 0.6 is 0 Å². The van der Waals surface area contributed by atoms with Crippen LogP contribution in [0, 0.1) is 20.8 Å². The third-order valence-electron chi connectivity index (χ3n) is 24.1. The van der Waals surface area contributed by atoms with Crippen molar-refractivity contribution in [1.82, 2.24) is 54.1 Å². The minimum Gasteiger partial charge on any atom is -0.490 e. The monoisotopic (exact) mass is 1730 g/mol. The summed E-state index contributed by atoms with van der Waals surface area (Å²) in [5.41, 5.74) is 4.34. The summed E-state index contributed by atoms with van der Waals surface area (Å²) in [6, 6.07) is 35.1. The average molecular weight is 1730 g/mol. The number of piperazine rings is 3. The Kier molecular flexibility index (Phi) is 31.8. The number of benzene rings is 6. The summed E-state index contributed by atoms with van der Waals surface area (Å²) in [5, 5.41) is 0. The molecule has 6 saturated heterocycles. The zero-order valence-corrected chi connectivity index (χ0v) is 71.7. The molecule has 2 aromatic heterocycles. The van der Waals surface area contributed by atoms with Crippen LogP contribution in [0.5, 0.6) is 17.2 Å². The molecule has 125 heavy (non-hydrogen) atoms. The predicted molar refractivity (Wildman–Crippen MR) is 458 cm³/mol. The first-order valence-electron chi connectivity index (χ1n) is 42.7. The number of nitrogens with zero attached hydrogens (tertiary/aromatic N) is 11. The summed E-state index contributed by atoms with van der Waals surface area (Å²) in [6.07, 6.45) is -2.28. The van der Waals surface area contributed by atoms with Crippen molar-refractivity contribution in [2.24, 2.45) is 0 Å². The first kappa shape index (κ1) is 93.5. The Morgan fingerprint density at radius 3 is 0.976 bits per heavy atom. The van der Waals surface area contributed by atoms with Crippen LogP contribution in [0.3, 0.4) is 0 Å². The first-order chi connectivity index (χ1) is 59.7. The van der Waals surface area contributed by atoms with Crippen LogP contribution in [0.4, 0.5) is 39.5 Å². The van der Waals surface area contributed by atoms with Crippen molar-refractivity contribution in [3.63, 3.8) is 0 Å². The molecule has 6 fully saturated rings. The predicted octanol–water partition coefficient (Wildman–Crippen LogP) is 15.3. The van der Waals surface area contributed by atoms with E-state index in [1.807, 2.05) is 91.8 Å². The standard InChI is InChI=1S/2C33H37F3N4O3.C30H36F3N3O3/c1-23-3-4-24(20-31(23)43-28-9-13-40(14-10-28)32(42)25-7-11-37-12-8-25)19-30(41)26-5-6-27(29(21-26)33(34,35)36)22-39-17-15-38(2)16-18-39;1-23-5-6-24(19-31(23)43-28-9-12-40(13-10-28)32(42)26-4-3-11-37-21-26)18-30(41)25-7-8-27(29(20-25)33(34,35)36)22-39-16-14-38(2)15-17-39;1-4-29(38)36-11-9-25(10-12-36)39-28-18-22(6-5-21(28)2)17-27(37)23-7-8-24(26(19-23)30(31,32)33)20-35-15-13-34(3)14-16-35/h3-8,11-12,20-21,28H,9-10,13-19,22H2,1-2H3;3-8,11,19-21,28H,9-10,12-18,22H2,1-2H3;4-8,18-19,25H,1,9-17,20H2,2-3H3. The number of halogens is 9. The Hall–Kier alpha value is -10.7. The lowest BCUT2D eigenvalue weighted by atomic mass is 9.97. The molecule has 8 aromatic rings. The number of carbonyl (C=O) groups is 6. The van der Waals surface area contributed by atoms with Crippen molar-refractivity contribution in [1.29, 1.82) is 0 Å². The van der Waals surface area contributed by atoms with Gasteiger partial charge in [-0.15, -0.1) is 0 Å². The number of amides is 3. The van der Waals surface area contributed by atoms with Gasteiger partial charge >= 0.3 is 18.5 Å². The fourth-order valence-corrected chi connectivity index (χ4v) is 16.3. The lowest BCUT2D eigenvalue weighted by Crippen LogP contribution is -2.44. The van der Waals surface area contributed by atoms with E-state index >= 15 is 0 Å². The number of rotatable bonds is 24. The van der Waals surface area contributed by atoms with Gasteiger partial charge in [-0.05, 0) is 159 Å². The molecule has 0 unspecified atom stereocenters. The number of likely N-dealkylation sites (N-methyl/N-ethyl adjacent to an activating group) is 3. The van der Waals surface area contributed by atoms with Crippen molar-refractivity contribution in [2.75, 3.05) is 139 Å². The van der Waals surface area contributed by atoms with E-state index in [1.165, 1.54) is 42.5 Å². The number of ketones is 3. The Morgan fingerprint density at radius 1 is 0.368 bits per heavy atom. The van der Waals surface area contributed by atoms with Gasteiger partial charge in [-0.3, -0.25) is 53.4 Å². The SMILES string of the molecule is C=CC(=O)N1CCC(Oc2cc(CC(=O)c3ccc(CN4CCN(C)CC4)c(C(F)(F)F)c3)ccc2C)CC1.Cc1ccc(CC(=O)c2ccc(CN3CCN(C)CC3)c(C(F)(F)F)c2)cc1OC1CCN(C(=O)c2cccnc2)CC1.Cc1ccc(CC(=O)c2ccc(CN3CCN(C)CC3)c(C(F)(F)F)c2)cc1OC1CCN(C(=O)c2ccncc2)CC1. The number of hydrogen-bond donors (Lipinski definition) is 0. The largest absolute Gasteiger partial charge is 0.490 e. The third-order valence-corrected chi connectivity index (χ3v) is 24.1. The van der Waals surface area contributed by atoms with Crippen LogP contribution < -0.4 is 14.2 Å². The average Bonchev–Trinajstić information content (AvgIpc) is 0.807. The molecule has 6 aromatic carbocycles. The lowest BCUT2D eigenvalue weighted by molar-refractivity contribution is -0.139. The smallest absolute Gasteiger partial charge is 0.416 e. The third kappa shape index (κ3) is 26.2. The van der Waals surface area contributed by atoms with Gasteiger partial charge in [-0.25, -0.2) is 0 Å². The summed E-state index contributed by atoms with van der Waals surface area (Å²) in [7, 11) is 6.00. The van der Waals surface area contributed by atoms with Gasteiger partial charge in [-0.2, -0.15) is 39.5 Å². The molecular formula is C96H110F9N11O9. The number of pyridine rings is 2. The quantitative estimate of drug-likeness (QED) is 0.0316. The van der Waals surface area contributed by atoms with E-state index in [2.05, 4.69) is 31.2 Å². The van der Waals surface area contributed by atoms with Gasteiger partial charge in [0.05, 0.1) is 22.3 Å². The Morgan fingerprint density at radius 2 is 0.680 bits per heavy atom. The second-order valence-electron chi connectivity index (χ2n) is 33.5. The number of Topliss-reactive ketones (excluding diaryl/α,β-unsaturated/α-hetero) is 3. The highest BCUT2D eigenvalue weighted by Crippen LogP contribution is 2.39. The van der Waals surface area contributed by atoms with E-state index in [4.69, 9.17) is 14.2 Å². The van der Waals surface area contributed by atoms with Gasteiger partial charge in [0.25, 0.3) is 11.8 Å². The van der Waals surface area contributed by atoms with Crippen molar-refractivity contribution in [3.8, 4) is 17.2 Å². The molecule has 0 atom stereocenters. The van der Waals surface area contributed by atoms with Crippen LogP contribution in [0.15, 0.2) is 171 Å². The van der Waals surface area contributed by atoms with Crippen LogP contribution in [-0.2, 0) is 62.2 Å². The fourth-order valence-electron chi connectivity index (χ4n) is 16.3. The molecule has 14 rings (SSSR count). The zero-order valence-electron chi connectivity index (χ0n) is 71.7. The van der Waals surface area contributed by atoms with Gasteiger partial charge in [0.2, 0.25) is 5.91 Å². The molecule has 29 heteroatoms. The number of hydrogen-bond acceptors (Lipinski definition) is 17. The molecule has 6 aliphatic heterocycles. The minimum atomic E-state index is -4.55. The van der Waals surface area contributed by atoms with Crippen molar-refractivity contribution >= 4 is 35.1 Å². The molecule has 0 radical (unpaired) electrons. The number of aryl methyl sites for hydroxylation is 3. The van der Waals surface area contributed by atoms with Gasteiger partial charge in [0, 0.05) is 242 Å². The van der Waals surface area contributed by atoms with E-state index in [9.17, 15) is 68.3 Å². The topological polar surface area (TPSA) is 185 Å². The first-order valence-corrected chi connectivity index (χ1v) is 42.7. The molecule has 666 valence electrons. The van der Waals surface area contributed by atoms with Gasteiger partial charge < -0.3 is 43.6 Å². The lowest BCUT2D eigenvalue weighted by Gasteiger charge is -2.33.